The molecule has 0 spiro atoms. The van der Waals surface area contributed by atoms with Crippen LogP contribution >= 0.6 is 11.6 Å². The fraction of sp³-hybridized carbons (Fsp3) is 0.273. The van der Waals surface area contributed by atoms with Gasteiger partial charge in [0.1, 0.15) is 6.04 Å². The van der Waals surface area contributed by atoms with Crippen molar-refractivity contribution in [2.75, 3.05) is 7.05 Å². The van der Waals surface area contributed by atoms with E-state index in [1.165, 1.54) is 26.1 Å². The fourth-order valence-electron chi connectivity index (χ4n) is 1.32. The Labute approximate surface area is 113 Å². The number of nitro groups is 1. The van der Waals surface area contributed by atoms with Crippen LogP contribution in [-0.2, 0) is 4.79 Å². The van der Waals surface area contributed by atoms with Crippen LogP contribution < -0.4 is 0 Å². The highest BCUT2D eigenvalue weighted by Crippen LogP contribution is 2.23. The average molecular weight is 287 g/mol. The van der Waals surface area contributed by atoms with Crippen molar-refractivity contribution in [2.45, 2.75) is 13.0 Å². The summed E-state index contributed by atoms with van der Waals surface area (Å²) < 4.78 is 0. The number of nitrogens with zero attached hydrogens (tertiary/aromatic N) is 2. The highest BCUT2D eigenvalue weighted by molar-refractivity contribution is 6.34. The molecule has 7 nitrogen and oxygen atoms in total. The maximum atomic E-state index is 12.0. The Hall–Kier alpha value is -2.15. The second-order valence-corrected chi connectivity index (χ2v) is 4.26. The smallest absolute Gasteiger partial charge is 0.326 e. The number of likely N-dealkylation sites (N-methyl/N-ethyl adjacent to an activating group) is 1. The minimum atomic E-state index is -1.18. The lowest BCUT2D eigenvalue weighted by atomic mass is 10.1. The topological polar surface area (TPSA) is 101 Å². The molecule has 0 aliphatic rings. The SMILES string of the molecule is CC(C(=O)O)N(C)C(=O)c1cc([N+](=O)[O-])ccc1Cl. The van der Waals surface area contributed by atoms with Gasteiger partial charge >= 0.3 is 5.97 Å². The molecule has 0 saturated heterocycles. The van der Waals surface area contributed by atoms with Gasteiger partial charge in [-0.1, -0.05) is 11.6 Å². The van der Waals surface area contributed by atoms with E-state index < -0.39 is 22.8 Å². The average Bonchev–Trinajstić information content (AvgIpc) is 2.36. The Balaban J connectivity index is 3.15. The number of non-ortho nitro benzene ring substituents is 1. The first kappa shape index (κ1) is 14.9. The van der Waals surface area contributed by atoms with E-state index in [1.807, 2.05) is 0 Å². The molecule has 0 bridgehead atoms. The summed E-state index contributed by atoms with van der Waals surface area (Å²) >= 11 is 5.81. The van der Waals surface area contributed by atoms with E-state index >= 15 is 0 Å². The lowest BCUT2D eigenvalue weighted by Gasteiger charge is -2.21. The zero-order chi connectivity index (χ0) is 14.7. The third kappa shape index (κ3) is 3.19. The van der Waals surface area contributed by atoms with E-state index in [9.17, 15) is 19.7 Å². The Morgan fingerprint density at radius 2 is 2.05 bits per heavy atom. The van der Waals surface area contributed by atoms with Crippen molar-refractivity contribution < 1.29 is 19.6 Å². The molecule has 0 saturated carbocycles. The normalized spacial score (nSPS) is 11.7. The lowest BCUT2D eigenvalue weighted by molar-refractivity contribution is -0.384. The minimum absolute atomic E-state index is 0.0278. The third-order valence-electron chi connectivity index (χ3n) is 2.65. The molecule has 102 valence electrons. The summed E-state index contributed by atoms with van der Waals surface area (Å²) in [6.45, 7) is 1.32. The van der Waals surface area contributed by atoms with Crippen LogP contribution in [0.3, 0.4) is 0 Å². The number of rotatable bonds is 4. The Kier molecular flexibility index (Phi) is 4.44. The van der Waals surface area contributed by atoms with Gasteiger partial charge in [-0.2, -0.15) is 0 Å². The summed E-state index contributed by atoms with van der Waals surface area (Å²) in [4.78, 5) is 33.8. The molecule has 1 aromatic carbocycles. The number of halogens is 1. The van der Waals surface area contributed by atoms with Crippen LogP contribution in [0, 0.1) is 10.1 Å². The van der Waals surface area contributed by atoms with Crippen LogP contribution in [-0.4, -0.2) is 39.9 Å². The van der Waals surface area contributed by atoms with Crippen molar-refractivity contribution in [1.82, 2.24) is 4.90 Å². The molecule has 1 unspecified atom stereocenters. The molecule has 0 aliphatic heterocycles. The number of carboxylic acids is 1. The molecular formula is C11H11ClN2O5. The Bertz CT molecular complexity index is 546. The molecule has 0 fully saturated rings. The maximum absolute atomic E-state index is 12.0. The Morgan fingerprint density at radius 3 is 2.53 bits per heavy atom. The number of hydrogen-bond donors (Lipinski definition) is 1. The quantitative estimate of drug-likeness (QED) is 0.672. The van der Waals surface area contributed by atoms with Gasteiger partial charge in [0.15, 0.2) is 0 Å². The van der Waals surface area contributed by atoms with Crippen LogP contribution in [0.4, 0.5) is 5.69 Å². The predicted molar refractivity (Wildman–Crippen MR) is 67.3 cm³/mol. The van der Waals surface area contributed by atoms with Gasteiger partial charge in [-0.3, -0.25) is 14.9 Å². The van der Waals surface area contributed by atoms with Crippen molar-refractivity contribution in [3.63, 3.8) is 0 Å². The van der Waals surface area contributed by atoms with Gasteiger partial charge in [0, 0.05) is 19.2 Å². The first-order valence-electron chi connectivity index (χ1n) is 5.19. The number of hydrogen-bond acceptors (Lipinski definition) is 4. The summed E-state index contributed by atoms with van der Waals surface area (Å²) in [7, 11) is 1.29. The maximum Gasteiger partial charge on any atom is 0.326 e. The molecule has 1 atom stereocenters. The van der Waals surface area contributed by atoms with E-state index in [4.69, 9.17) is 16.7 Å². The molecule has 0 radical (unpaired) electrons. The molecule has 1 amide bonds. The van der Waals surface area contributed by atoms with Crippen molar-refractivity contribution in [1.29, 1.82) is 0 Å². The molecule has 1 N–H and O–H groups in total. The molecule has 8 heteroatoms. The number of amides is 1. The predicted octanol–water partition coefficient (Wildman–Crippen LogP) is 1.79. The second-order valence-electron chi connectivity index (χ2n) is 3.85. The first-order valence-corrected chi connectivity index (χ1v) is 5.57. The van der Waals surface area contributed by atoms with Crippen molar-refractivity contribution in [3.8, 4) is 0 Å². The first-order chi connectivity index (χ1) is 8.75. The molecule has 0 aromatic heterocycles. The van der Waals surface area contributed by atoms with Crippen molar-refractivity contribution >= 4 is 29.2 Å². The molecular weight excluding hydrogens is 276 g/mol. The van der Waals surface area contributed by atoms with Crippen LogP contribution in [0.25, 0.3) is 0 Å². The van der Waals surface area contributed by atoms with Crippen molar-refractivity contribution in [3.05, 3.63) is 38.9 Å². The van der Waals surface area contributed by atoms with E-state index in [-0.39, 0.29) is 16.3 Å². The van der Waals surface area contributed by atoms with Crippen LogP contribution in [0.1, 0.15) is 17.3 Å². The number of carbonyl (C=O) groups excluding carboxylic acids is 1. The molecule has 1 aromatic rings. The summed E-state index contributed by atoms with van der Waals surface area (Å²) in [6, 6.07) is 2.35. The van der Waals surface area contributed by atoms with Gasteiger partial charge in [0.05, 0.1) is 15.5 Å². The standard InChI is InChI=1S/C11H11ClN2O5/c1-6(11(16)17)13(2)10(15)8-5-7(14(18)19)3-4-9(8)12/h3-6H,1-2H3,(H,16,17). The third-order valence-corrected chi connectivity index (χ3v) is 2.98. The monoisotopic (exact) mass is 286 g/mol. The van der Waals surface area contributed by atoms with Crippen LogP contribution in [0.5, 0.6) is 0 Å². The largest absolute Gasteiger partial charge is 0.480 e. The second kappa shape index (κ2) is 5.66. The summed E-state index contributed by atoms with van der Waals surface area (Å²) in [6.07, 6.45) is 0. The number of carbonyl (C=O) groups is 2. The summed E-state index contributed by atoms with van der Waals surface area (Å²) in [5.41, 5.74) is -0.393. The van der Waals surface area contributed by atoms with Crippen molar-refractivity contribution in [2.24, 2.45) is 0 Å². The van der Waals surface area contributed by atoms with E-state index in [1.54, 1.807) is 0 Å². The molecule has 1 rings (SSSR count). The highest BCUT2D eigenvalue weighted by Gasteiger charge is 2.25. The number of nitro benzene ring substituents is 1. The zero-order valence-electron chi connectivity index (χ0n) is 10.2. The van der Waals surface area contributed by atoms with Gasteiger partial charge < -0.3 is 10.0 Å². The van der Waals surface area contributed by atoms with E-state index in [0.717, 1.165) is 11.0 Å². The van der Waals surface area contributed by atoms with E-state index in [0.29, 0.717) is 0 Å². The minimum Gasteiger partial charge on any atom is -0.480 e. The highest BCUT2D eigenvalue weighted by atomic mass is 35.5. The summed E-state index contributed by atoms with van der Waals surface area (Å²) in [5.74, 6) is -1.87. The molecule has 0 heterocycles. The van der Waals surface area contributed by atoms with Crippen LogP contribution in [0.2, 0.25) is 5.02 Å². The van der Waals surface area contributed by atoms with Gasteiger partial charge in [-0.05, 0) is 13.0 Å². The summed E-state index contributed by atoms with van der Waals surface area (Å²) in [5, 5.41) is 19.5. The molecule has 0 aliphatic carbocycles. The van der Waals surface area contributed by atoms with Gasteiger partial charge in [0.25, 0.3) is 11.6 Å². The van der Waals surface area contributed by atoms with Gasteiger partial charge in [-0.25, -0.2) is 4.79 Å². The van der Waals surface area contributed by atoms with E-state index in [2.05, 4.69) is 0 Å². The number of benzene rings is 1. The Morgan fingerprint density at radius 1 is 1.47 bits per heavy atom. The van der Waals surface area contributed by atoms with Gasteiger partial charge in [-0.15, -0.1) is 0 Å². The zero-order valence-corrected chi connectivity index (χ0v) is 10.9. The lowest BCUT2D eigenvalue weighted by Crippen LogP contribution is -2.40. The van der Waals surface area contributed by atoms with Crippen LogP contribution in [0.15, 0.2) is 18.2 Å². The molecule has 19 heavy (non-hydrogen) atoms. The number of carboxylic acid groups (broad SMARTS) is 1. The van der Waals surface area contributed by atoms with Gasteiger partial charge in [0.2, 0.25) is 0 Å². The number of aliphatic carboxylic acids is 1. The fourth-order valence-corrected chi connectivity index (χ4v) is 1.52.